The maximum Gasteiger partial charge on any atom is 0.231 e. The molecular formula is C13H20N2OS. The Morgan fingerprint density at radius 2 is 2.00 bits per heavy atom. The number of thioether (sulfide) groups is 1. The molecular weight excluding hydrogens is 232 g/mol. The summed E-state index contributed by atoms with van der Waals surface area (Å²) in [5.41, 5.74) is 6.31. The number of nitrogens with two attached hydrogens (primary N) is 1. The Kier molecular flexibility index (Phi) is 6.08. The average molecular weight is 252 g/mol. The topological polar surface area (TPSA) is 55.1 Å². The molecule has 0 aliphatic rings. The van der Waals surface area contributed by atoms with Crippen LogP contribution in [0.4, 0.5) is 0 Å². The van der Waals surface area contributed by atoms with Gasteiger partial charge in [-0.2, -0.15) is 0 Å². The van der Waals surface area contributed by atoms with Gasteiger partial charge in [0, 0.05) is 10.1 Å². The first-order chi connectivity index (χ1) is 8.08. The number of carbonyl (C=O) groups is 1. The molecule has 0 saturated heterocycles. The Morgan fingerprint density at radius 3 is 2.53 bits per heavy atom. The third-order valence-corrected chi connectivity index (χ3v) is 3.20. The van der Waals surface area contributed by atoms with Crippen LogP contribution in [-0.2, 0) is 11.2 Å². The fourth-order valence-electron chi connectivity index (χ4n) is 1.45. The van der Waals surface area contributed by atoms with E-state index in [9.17, 15) is 4.79 Å². The summed E-state index contributed by atoms with van der Waals surface area (Å²) in [5.74, 6) is -0.311. The fourth-order valence-corrected chi connectivity index (χ4v) is 2.29. The van der Waals surface area contributed by atoms with Crippen molar-refractivity contribution in [3.8, 4) is 0 Å². The molecule has 0 radical (unpaired) electrons. The highest BCUT2D eigenvalue weighted by Gasteiger charge is 1.99. The molecule has 0 aliphatic carbocycles. The van der Waals surface area contributed by atoms with Crippen molar-refractivity contribution in [2.24, 2.45) is 5.73 Å². The van der Waals surface area contributed by atoms with Gasteiger partial charge in [0.15, 0.2) is 0 Å². The van der Waals surface area contributed by atoms with Crippen molar-refractivity contribution in [3.05, 3.63) is 29.8 Å². The Bertz CT molecular complexity index is 349. The second kappa shape index (κ2) is 7.35. The number of carbonyl (C=O) groups excluding carboxylic acids is 1. The zero-order valence-electron chi connectivity index (χ0n) is 10.4. The van der Waals surface area contributed by atoms with Gasteiger partial charge in [0.2, 0.25) is 5.91 Å². The number of amides is 1. The summed E-state index contributed by atoms with van der Waals surface area (Å²) in [7, 11) is 0. The Labute approximate surface area is 107 Å². The molecule has 94 valence electrons. The summed E-state index contributed by atoms with van der Waals surface area (Å²) in [6.07, 6.45) is 0.917. The van der Waals surface area contributed by atoms with Gasteiger partial charge in [-0.15, -0.1) is 11.8 Å². The van der Waals surface area contributed by atoms with Gasteiger partial charge in [-0.1, -0.05) is 26.0 Å². The van der Waals surface area contributed by atoms with E-state index in [4.69, 9.17) is 5.73 Å². The SMILES string of the molecule is CC(C)Sc1ccc(CCNCC(N)=O)cc1. The summed E-state index contributed by atoms with van der Waals surface area (Å²) in [4.78, 5) is 11.8. The maximum absolute atomic E-state index is 10.5. The third-order valence-electron chi connectivity index (χ3n) is 2.18. The molecule has 3 nitrogen and oxygen atoms in total. The zero-order valence-corrected chi connectivity index (χ0v) is 11.2. The number of hydrogen-bond acceptors (Lipinski definition) is 3. The van der Waals surface area contributed by atoms with Crippen LogP contribution >= 0.6 is 11.8 Å². The highest BCUT2D eigenvalue weighted by atomic mass is 32.2. The van der Waals surface area contributed by atoms with Gasteiger partial charge >= 0.3 is 0 Å². The van der Waals surface area contributed by atoms with Gasteiger partial charge in [0.1, 0.15) is 0 Å². The van der Waals surface area contributed by atoms with E-state index in [0.29, 0.717) is 5.25 Å². The van der Waals surface area contributed by atoms with Crippen LogP contribution in [0.1, 0.15) is 19.4 Å². The molecule has 17 heavy (non-hydrogen) atoms. The first-order valence-corrected chi connectivity index (χ1v) is 6.70. The molecule has 0 fully saturated rings. The minimum atomic E-state index is -0.311. The lowest BCUT2D eigenvalue weighted by molar-refractivity contribution is -0.117. The predicted octanol–water partition coefficient (Wildman–Crippen LogP) is 1.80. The summed E-state index contributed by atoms with van der Waals surface area (Å²) in [5, 5.41) is 3.61. The van der Waals surface area contributed by atoms with Gasteiger partial charge < -0.3 is 11.1 Å². The summed E-state index contributed by atoms with van der Waals surface area (Å²) in [6, 6.07) is 8.56. The molecule has 0 heterocycles. The van der Waals surface area contributed by atoms with Crippen molar-refractivity contribution in [2.75, 3.05) is 13.1 Å². The molecule has 0 aromatic heterocycles. The predicted molar refractivity (Wildman–Crippen MR) is 73.2 cm³/mol. The maximum atomic E-state index is 10.5. The molecule has 4 heteroatoms. The Hall–Kier alpha value is -1.00. The molecule has 0 unspecified atom stereocenters. The van der Waals surface area contributed by atoms with E-state index in [1.165, 1.54) is 10.5 Å². The van der Waals surface area contributed by atoms with E-state index >= 15 is 0 Å². The van der Waals surface area contributed by atoms with Crippen molar-refractivity contribution in [1.29, 1.82) is 0 Å². The largest absolute Gasteiger partial charge is 0.369 e. The van der Waals surface area contributed by atoms with Crippen molar-refractivity contribution in [2.45, 2.75) is 30.4 Å². The van der Waals surface area contributed by atoms with Gasteiger partial charge in [0.05, 0.1) is 6.54 Å². The van der Waals surface area contributed by atoms with Crippen molar-refractivity contribution in [1.82, 2.24) is 5.32 Å². The van der Waals surface area contributed by atoms with Crippen LogP contribution in [0.5, 0.6) is 0 Å². The Balaban J connectivity index is 2.32. The standard InChI is InChI=1S/C13H20N2OS/c1-10(2)17-12-5-3-11(4-6-12)7-8-15-9-13(14)16/h3-6,10,15H,7-9H2,1-2H3,(H2,14,16). The minimum absolute atomic E-state index is 0.251. The molecule has 0 aliphatic heterocycles. The first kappa shape index (κ1) is 14.1. The van der Waals surface area contributed by atoms with Crippen LogP contribution in [0.25, 0.3) is 0 Å². The lowest BCUT2D eigenvalue weighted by Crippen LogP contribution is -2.29. The summed E-state index contributed by atoms with van der Waals surface area (Å²) < 4.78 is 0. The van der Waals surface area contributed by atoms with E-state index in [2.05, 4.69) is 43.4 Å². The highest BCUT2D eigenvalue weighted by molar-refractivity contribution is 7.99. The van der Waals surface area contributed by atoms with E-state index in [1.807, 2.05) is 11.8 Å². The first-order valence-electron chi connectivity index (χ1n) is 5.82. The highest BCUT2D eigenvalue weighted by Crippen LogP contribution is 2.22. The molecule has 1 rings (SSSR count). The van der Waals surface area contributed by atoms with Gasteiger partial charge in [-0.25, -0.2) is 0 Å². The number of nitrogens with one attached hydrogen (secondary N) is 1. The quantitative estimate of drug-likeness (QED) is 0.575. The molecule has 0 saturated carbocycles. The Morgan fingerprint density at radius 1 is 1.35 bits per heavy atom. The fraction of sp³-hybridized carbons (Fsp3) is 0.462. The molecule has 0 spiro atoms. The lowest BCUT2D eigenvalue weighted by atomic mass is 10.1. The van der Waals surface area contributed by atoms with Crippen LogP contribution in [0, 0.1) is 0 Å². The van der Waals surface area contributed by atoms with Gasteiger partial charge in [0.25, 0.3) is 0 Å². The smallest absolute Gasteiger partial charge is 0.231 e. The molecule has 0 atom stereocenters. The molecule has 0 bridgehead atoms. The van der Waals surface area contributed by atoms with Gasteiger partial charge in [-0.3, -0.25) is 4.79 Å². The summed E-state index contributed by atoms with van der Waals surface area (Å²) >= 11 is 1.86. The van der Waals surface area contributed by atoms with Crippen molar-refractivity contribution >= 4 is 17.7 Å². The average Bonchev–Trinajstić information content (AvgIpc) is 2.25. The number of hydrogen-bond donors (Lipinski definition) is 2. The second-order valence-corrected chi connectivity index (χ2v) is 5.85. The van der Waals surface area contributed by atoms with Crippen LogP contribution in [0.3, 0.4) is 0 Å². The molecule has 3 N–H and O–H groups in total. The monoisotopic (exact) mass is 252 g/mol. The minimum Gasteiger partial charge on any atom is -0.369 e. The van der Waals surface area contributed by atoms with E-state index in [1.54, 1.807) is 0 Å². The normalized spacial score (nSPS) is 10.8. The van der Waals surface area contributed by atoms with Gasteiger partial charge in [-0.05, 0) is 30.7 Å². The molecule has 1 aromatic carbocycles. The second-order valence-electron chi connectivity index (χ2n) is 4.20. The lowest BCUT2D eigenvalue weighted by Gasteiger charge is -2.06. The number of primary amides is 1. The van der Waals surface area contributed by atoms with Crippen LogP contribution in [-0.4, -0.2) is 24.2 Å². The number of benzene rings is 1. The van der Waals surface area contributed by atoms with E-state index in [-0.39, 0.29) is 12.5 Å². The van der Waals surface area contributed by atoms with Crippen LogP contribution in [0.15, 0.2) is 29.2 Å². The summed E-state index contributed by atoms with van der Waals surface area (Å²) in [6.45, 7) is 5.40. The molecule has 1 aromatic rings. The van der Waals surface area contributed by atoms with E-state index in [0.717, 1.165) is 13.0 Å². The van der Waals surface area contributed by atoms with Crippen molar-refractivity contribution < 1.29 is 4.79 Å². The van der Waals surface area contributed by atoms with Crippen LogP contribution < -0.4 is 11.1 Å². The van der Waals surface area contributed by atoms with E-state index < -0.39 is 0 Å². The van der Waals surface area contributed by atoms with Crippen LogP contribution in [0.2, 0.25) is 0 Å². The zero-order chi connectivity index (χ0) is 12.7. The molecule has 1 amide bonds. The number of rotatable bonds is 7. The van der Waals surface area contributed by atoms with Crippen molar-refractivity contribution in [3.63, 3.8) is 0 Å². The third kappa shape index (κ3) is 6.34.